The second kappa shape index (κ2) is 6.39. The van der Waals surface area contributed by atoms with E-state index in [1.807, 2.05) is 12.1 Å². The third-order valence-corrected chi connectivity index (χ3v) is 3.61. The van der Waals surface area contributed by atoms with Crippen molar-refractivity contribution in [1.82, 2.24) is 9.88 Å². The molecule has 1 N–H and O–H groups in total. The molecule has 0 unspecified atom stereocenters. The van der Waals surface area contributed by atoms with Crippen molar-refractivity contribution >= 4 is 5.91 Å². The minimum Gasteiger partial charge on any atom is -0.469 e. The first kappa shape index (κ1) is 14.9. The van der Waals surface area contributed by atoms with Gasteiger partial charge in [-0.1, -0.05) is 0 Å². The molecule has 0 saturated heterocycles. The van der Waals surface area contributed by atoms with Gasteiger partial charge in [-0.2, -0.15) is 0 Å². The van der Waals surface area contributed by atoms with Gasteiger partial charge in [0.25, 0.3) is 11.5 Å². The highest BCUT2D eigenvalue weighted by molar-refractivity contribution is 5.93. The van der Waals surface area contributed by atoms with Gasteiger partial charge in [-0.25, -0.2) is 0 Å². The van der Waals surface area contributed by atoms with E-state index in [1.165, 1.54) is 10.6 Å². The van der Waals surface area contributed by atoms with E-state index in [9.17, 15) is 9.59 Å². The number of aromatic nitrogens is 1. The molecule has 3 aromatic heterocycles. The van der Waals surface area contributed by atoms with Gasteiger partial charge in [0.05, 0.1) is 18.4 Å². The predicted octanol–water partition coefficient (Wildman–Crippen LogP) is 2.13. The van der Waals surface area contributed by atoms with Crippen LogP contribution in [0.1, 0.15) is 27.8 Å². The van der Waals surface area contributed by atoms with Gasteiger partial charge >= 0.3 is 0 Å². The summed E-state index contributed by atoms with van der Waals surface area (Å²) >= 11 is 0. The number of carbonyl (C=O) groups is 1. The van der Waals surface area contributed by atoms with Crippen LogP contribution in [-0.2, 0) is 7.05 Å². The van der Waals surface area contributed by atoms with Gasteiger partial charge in [-0.05, 0) is 36.4 Å². The predicted molar refractivity (Wildman–Crippen MR) is 83.3 cm³/mol. The van der Waals surface area contributed by atoms with E-state index in [2.05, 4.69) is 5.32 Å². The molecule has 0 aromatic carbocycles. The molecule has 3 heterocycles. The third kappa shape index (κ3) is 3.11. The van der Waals surface area contributed by atoms with E-state index in [0.717, 1.165) is 0 Å². The van der Waals surface area contributed by atoms with Gasteiger partial charge in [0.2, 0.25) is 0 Å². The molecule has 0 radical (unpaired) electrons. The van der Waals surface area contributed by atoms with E-state index in [4.69, 9.17) is 8.83 Å². The standard InChI is InChI=1S/C17H16N2O4/c1-19-8-2-5-12(17(19)21)16(20)18-11-13(14-6-3-9-22-14)15-7-4-10-23-15/h2-10,13H,11H2,1H3,(H,18,20). The highest BCUT2D eigenvalue weighted by Gasteiger charge is 2.21. The fourth-order valence-corrected chi connectivity index (χ4v) is 2.38. The van der Waals surface area contributed by atoms with Crippen LogP contribution in [0.25, 0.3) is 0 Å². The number of amides is 1. The van der Waals surface area contributed by atoms with Crippen LogP contribution in [-0.4, -0.2) is 17.0 Å². The molecule has 23 heavy (non-hydrogen) atoms. The molecule has 3 rings (SSSR count). The summed E-state index contributed by atoms with van der Waals surface area (Å²) in [6.07, 6.45) is 4.74. The van der Waals surface area contributed by atoms with Crippen molar-refractivity contribution in [2.45, 2.75) is 5.92 Å². The van der Waals surface area contributed by atoms with E-state index < -0.39 is 5.91 Å². The smallest absolute Gasteiger partial charge is 0.263 e. The van der Waals surface area contributed by atoms with Crippen LogP contribution < -0.4 is 10.9 Å². The Balaban J connectivity index is 1.78. The Morgan fingerprint density at radius 3 is 2.35 bits per heavy atom. The summed E-state index contributed by atoms with van der Waals surface area (Å²) in [5.41, 5.74) is -0.231. The van der Waals surface area contributed by atoms with Gasteiger partial charge in [0.1, 0.15) is 17.1 Å². The second-order valence-electron chi connectivity index (χ2n) is 5.13. The zero-order chi connectivity index (χ0) is 16.2. The fraction of sp³-hybridized carbons (Fsp3) is 0.176. The average Bonchev–Trinajstić information content (AvgIpc) is 3.24. The number of hydrogen-bond acceptors (Lipinski definition) is 4. The summed E-state index contributed by atoms with van der Waals surface area (Å²) < 4.78 is 12.2. The maximum Gasteiger partial charge on any atom is 0.263 e. The molecular weight excluding hydrogens is 296 g/mol. The zero-order valence-corrected chi connectivity index (χ0v) is 12.6. The van der Waals surface area contributed by atoms with E-state index in [0.29, 0.717) is 11.5 Å². The van der Waals surface area contributed by atoms with Crippen LogP contribution >= 0.6 is 0 Å². The molecule has 118 valence electrons. The molecule has 0 aliphatic rings. The van der Waals surface area contributed by atoms with Crippen molar-refractivity contribution in [3.8, 4) is 0 Å². The molecule has 6 heteroatoms. The Morgan fingerprint density at radius 1 is 1.13 bits per heavy atom. The number of nitrogens with one attached hydrogen (secondary N) is 1. The lowest BCUT2D eigenvalue weighted by Crippen LogP contribution is -2.34. The third-order valence-electron chi connectivity index (χ3n) is 3.61. The largest absolute Gasteiger partial charge is 0.469 e. The molecule has 6 nitrogen and oxygen atoms in total. The lowest BCUT2D eigenvalue weighted by atomic mass is 10.0. The Morgan fingerprint density at radius 2 is 1.78 bits per heavy atom. The summed E-state index contributed by atoms with van der Waals surface area (Å²) in [6, 6.07) is 10.4. The molecule has 3 aromatic rings. The number of aryl methyl sites for hydroxylation is 1. The topological polar surface area (TPSA) is 77.4 Å². The molecule has 0 atom stereocenters. The Kier molecular flexibility index (Phi) is 4.14. The van der Waals surface area contributed by atoms with Gasteiger partial charge in [-0.3, -0.25) is 9.59 Å². The molecular formula is C17H16N2O4. The number of hydrogen-bond donors (Lipinski definition) is 1. The molecule has 0 aliphatic carbocycles. The molecule has 1 amide bonds. The van der Waals surface area contributed by atoms with Crippen LogP contribution in [0.15, 0.2) is 68.8 Å². The first-order valence-corrected chi connectivity index (χ1v) is 7.17. The van der Waals surface area contributed by atoms with Gasteiger partial charge < -0.3 is 18.7 Å². The van der Waals surface area contributed by atoms with Crippen LogP contribution in [0.5, 0.6) is 0 Å². The van der Waals surface area contributed by atoms with Crippen LogP contribution in [0.3, 0.4) is 0 Å². The maximum atomic E-state index is 12.3. The number of furan rings is 2. The summed E-state index contributed by atoms with van der Waals surface area (Å²) in [7, 11) is 1.60. The van der Waals surface area contributed by atoms with Crippen molar-refractivity contribution in [2.75, 3.05) is 6.54 Å². The zero-order valence-electron chi connectivity index (χ0n) is 12.6. The van der Waals surface area contributed by atoms with Crippen LogP contribution in [0, 0.1) is 0 Å². The fourth-order valence-electron chi connectivity index (χ4n) is 2.38. The summed E-state index contributed by atoms with van der Waals surface area (Å²) in [6.45, 7) is 0.262. The minimum atomic E-state index is -0.422. The monoisotopic (exact) mass is 312 g/mol. The number of nitrogens with zero attached hydrogens (tertiary/aromatic N) is 1. The van der Waals surface area contributed by atoms with Gasteiger partial charge in [0, 0.05) is 19.8 Å². The van der Waals surface area contributed by atoms with E-state index in [-0.39, 0.29) is 23.6 Å². The lowest BCUT2D eigenvalue weighted by molar-refractivity contribution is 0.0949. The van der Waals surface area contributed by atoms with Crippen molar-refractivity contribution in [3.05, 3.63) is 82.6 Å². The molecule has 0 saturated carbocycles. The lowest BCUT2D eigenvalue weighted by Gasteiger charge is -2.13. The Labute approximate surface area is 132 Å². The summed E-state index contributed by atoms with van der Waals surface area (Å²) in [4.78, 5) is 24.3. The van der Waals surface area contributed by atoms with E-state index in [1.54, 1.807) is 44.0 Å². The average molecular weight is 312 g/mol. The Bertz CT molecular complexity index is 798. The minimum absolute atomic E-state index is 0.104. The van der Waals surface area contributed by atoms with Gasteiger partial charge in [-0.15, -0.1) is 0 Å². The SMILES string of the molecule is Cn1cccc(C(=O)NCC(c2ccco2)c2ccco2)c1=O. The number of carbonyl (C=O) groups excluding carboxylic acids is 1. The van der Waals surface area contributed by atoms with E-state index >= 15 is 0 Å². The number of pyridine rings is 1. The maximum absolute atomic E-state index is 12.3. The van der Waals surface area contributed by atoms with Gasteiger partial charge in [0.15, 0.2) is 0 Å². The first-order chi connectivity index (χ1) is 11.2. The second-order valence-corrected chi connectivity index (χ2v) is 5.13. The Hall–Kier alpha value is -3.02. The summed E-state index contributed by atoms with van der Waals surface area (Å²) in [5, 5.41) is 2.77. The van der Waals surface area contributed by atoms with Crippen molar-refractivity contribution < 1.29 is 13.6 Å². The molecule has 0 bridgehead atoms. The number of rotatable bonds is 5. The molecule has 0 spiro atoms. The van der Waals surface area contributed by atoms with Crippen LogP contribution in [0.2, 0.25) is 0 Å². The highest BCUT2D eigenvalue weighted by Crippen LogP contribution is 2.24. The normalized spacial score (nSPS) is 10.9. The van der Waals surface area contributed by atoms with Crippen molar-refractivity contribution in [1.29, 1.82) is 0 Å². The first-order valence-electron chi connectivity index (χ1n) is 7.17. The quantitative estimate of drug-likeness (QED) is 0.783. The highest BCUT2D eigenvalue weighted by atomic mass is 16.3. The van der Waals surface area contributed by atoms with Crippen molar-refractivity contribution in [2.24, 2.45) is 7.05 Å². The molecule has 0 aliphatic heterocycles. The molecule has 0 fully saturated rings. The summed E-state index contributed by atoms with van der Waals surface area (Å²) in [5.74, 6) is 0.688. The van der Waals surface area contributed by atoms with Crippen LogP contribution in [0.4, 0.5) is 0 Å². The van der Waals surface area contributed by atoms with Crippen molar-refractivity contribution in [3.63, 3.8) is 0 Å².